The molecule has 3 rings (SSSR count). The normalized spacial score (nSPS) is 17.0. The highest BCUT2D eigenvalue weighted by molar-refractivity contribution is 5.91. The molecule has 1 amide bonds. The predicted octanol–water partition coefficient (Wildman–Crippen LogP) is 2.98. The van der Waals surface area contributed by atoms with E-state index < -0.39 is 0 Å². The summed E-state index contributed by atoms with van der Waals surface area (Å²) in [5.74, 6) is 1.70. The maximum atomic E-state index is 12.5. The number of furan rings is 1. The molecule has 5 nitrogen and oxygen atoms in total. The van der Waals surface area contributed by atoms with E-state index in [4.69, 9.17) is 14.9 Å². The third-order valence-corrected chi connectivity index (χ3v) is 4.12. The molecule has 0 radical (unpaired) electrons. The van der Waals surface area contributed by atoms with Crippen molar-refractivity contribution in [2.24, 2.45) is 5.73 Å². The van der Waals surface area contributed by atoms with Crippen molar-refractivity contribution in [3.05, 3.63) is 54.0 Å². The Morgan fingerprint density at radius 1 is 1.22 bits per heavy atom. The Hall–Kier alpha value is -2.27. The second kappa shape index (κ2) is 6.87. The van der Waals surface area contributed by atoms with Crippen LogP contribution in [0.5, 0.6) is 5.75 Å². The molecule has 1 fully saturated rings. The summed E-state index contributed by atoms with van der Waals surface area (Å²) in [5.41, 5.74) is 5.87. The van der Waals surface area contributed by atoms with E-state index in [0.29, 0.717) is 24.6 Å². The monoisotopic (exact) mass is 314 g/mol. The predicted molar refractivity (Wildman–Crippen MR) is 87.3 cm³/mol. The van der Waals surface area contributed by atoms with Gasteiger partial charge in [0.2, 0.25) is 0 Å². The topological polar surface area (TPSA) is 68.7 Å². The van der Waals surface area contributed by atoms with E-state index in [9.17, 15) is 4.79 Å². The lowest BCUT2D eigenvalue weighted by Crippen LogP contribution is -2.42. The molecule has 0 saturated carbocycles. The van der Waals surface area contributed by atoms with E-state index in [-0.39, 0.29) is 18.1 Å². The number of para-hydroxylation sites is 1. The van der Waals surface area contributed by atoms with Crippen molar-refractivity contribution in [1.82, 2.24) is 4.90 Å². The molecule has 2 aromatic rings. The number of amides is 1. The highest BCUT2D eigenvalue weighted by atomic mass is 16.5. The molecule has 1 aromatic carbocycles. The van der Waals surface area contributed by atoms with E-state index in [1.165, 1.54) is 0 Å². The molecule has 0 spiro atoms. The summed E-state index contributed by atoms with van der Waals surface area (Å²) in [6, 6.07) is 13.3. The van der Waals surface area contributed by atoms with Crippen LogP contribution in [0.15, 0.2) is 46.9 Å². The highest BCUT2D eigenvalue weighted by Crippen LogP contribution is 2.24. The number of benzene rings is 1. The number of carbonyl (C=O) groups excluding carboxylic acids is 1. The van der Waals surface area contributed by atoms with Gasteiger partial charge in [-0.2, -0.15) is 0 Å². The van der Waals surface area contributed by atoms with E-state index in [1.807, 2.05) is 37.3 Å². The minimum absolute atomic E-state index is 0.0740. The molecule has 1 atom stereocenters. The van der Waals surface area contributed by atoms with Crippen LogP contribution >= 0.6 is 0 Å². The molecule has 122 valence electrons. The van der Waals surface area contributed by atoms with E-state index >= 15 is 0 Å². The summed E-state index contributed by atoms with van der Waals surface area (Å²) in [5, 5.41) is 0. The van der Waals surface area contributed by atoms with Crippen molar-refractivity contribution in [2.75, 3.05) is 13.1 Å². The second-order valence-corrected chi connectivity index (χ2v) is 5.90. The first-order chi connectivity index (χ1) is 11.1. The van der Waals surface area contributed by atoms with Gasteiger partial charge in [-0.1, -0.05) is 18.2 Å². The van der Waals surface area contributed by atoms with Gasteiger partial charge in [-0.15, -0.1) is 0 Å². The van der Waals surface area contributed by atoms with Gasteiger partial charge in [-0.05, 0) is 44.0 Å². The van der Waals surface area contributed by atoms with Crippen molar-refractivity contribution in [2.45, 2.75) is 31.9 Å². The van der Waals surface area contributed by atoms with Crippen molar-refractivity contribution in [3.8, 4) is 5.75 Å². The molecule has 1 saturated heterocycles. The van der Waals surface area contributed by atoms with Crippen LogP contribution in [0, 0.1) is 0 Å². The highest BCUT2D eigenvalue weighted by Gasteiger charge is 2.24. The zero-order valence-corrected chi connectivity index (χ0v) is 13.3. The number of rotatable bonds is 4. The van der Waals surface area contributed by atoms with E-state index in [2.05, 4.69) is 0 Å². The van der Waals surface area contributed by atoms with Crippen LogP contribution in [0.25, 0.3) is 0 Å². The van der Waals surface area contributed by atoms with Crippen LogP contribution in [0.1, 0.15) is 42.2 Å². The second-order valence-electron chi connectivity index (χ2n) is 5.90. The Balaban J connectivity index is 1.64. The molecule has 0 bridgehead atoms. The molecule has 1 unspecified atom stereocenters. The fraction of sp³-hybridized carbons (Fsp3) is 0.389. The molecule has 23 heavy (non-hydrogen) atoms. The minimum Gasteiger partial charge on any atom is -0.483 e. The number of hydrogen-bond acceptors (Lipinski definition) is 4. The lowest BCUT2D eigenvalue weighted by Gasteiger charge is -2.29. The molecule has 5 heteroatoms. The number of nitrogens with zero attached hydrogens (tertiary/aromatic N) is 1. The van der Waals surface area contributed by atoms with Gasteiger partial charge in [0, 0.05) is 19.1 Å². The average Bonchev–Trinajstić information content (AvgIpc) is 3.06. The summed E-state index contributed by atoms with van der Waals surface area (Å²) < 4.78 is 11.5. The van der Waals surface area contributed by atoms with Crippen LogP contribution < -0.4 is 10.5 Å². The van der Waals surface area contributed by atoms with Gasteiger partial charge in [-0.25, -0.2) is 0 Å². The lowest BCUT2D eigenvalue weighted by atomic mass is 10.1. The number of carbonyl (C=O) groups is 1. The lowest BCUT2D eigenvalue weighted by molar-refractivity contribution is 0.0675. The molecule has 1 aliphatic rings. The Morgan fingerprint density at radius 2 is 1.91 bits per heavy atom. The number of likely N-dealkylation sites (tertiary alicyclic amines) is 1. The van der Waals surface area contributed by atoms with Gasteiger partial charge < -0.3 is 19.8 Å². The van der Waals surface area contributed by atoms with Crippen molar-refractivity contribution < 1.29 is 13.9 Å². The Bertz CT molecular complexity index is 645. The van der Waals surface area contributed by atoms with Crippen LogP contribution in [0.4, 0.5) is 0 Å². The van der Waals surface area contributed by atoms with Crippen LogP contribution in [0.2, 0.25) is 0 Å². The van der Waals surface area contributed by atoms with Crippen LogP contribution in [-0.4, -0.2) is 29.9 Å². The molecule has 2 N–H and O–H groups in total. The zero-order valence-electron chi connectivity index (χ0n) is 13.3. The Labute approximate surface area is 136 Å². The average molecular weight is 314 g/mol. The SMILES string of the molecule is CC(Oc1ccccc1)c1ccc(C(=O)N2CCC(N)CC2)o1. The van der Waals surface area contributed by atoms with Crippen molar-refractivity contribution in [3.63, 3.8) is 0 Å². The zero-order chi connectivity index (χ0) is 16.2. The third-order valence-electron chi connectivity index (χ3n) is 4.12. The largest absolute Gasteiger partial charge is 0.483 e. The molecular weight excluding hydrogens is 292 g/mol. The first-order valence-corrected chi connectivity index (χ1v) is 8.00. The summed E-state index contributed by atoms with van der Waals surface area (Å²) in [7, 11) is 0. The fourth-order valence-corrected chi connectivity index (χ4v) is 2.71. The van der Waals surface area contributed by atoms with Crippen LogP contribution in [-0.2, 0) is 0 Å². The molecular formula is C18H22N2O3. The molecule has 0 aliphatic carbocycles. The Kier molecular flexibility index (Phi) is 4.67. The molecule has 1 aliphatic heterocycles. The summed E-state index contributed by atoms with van der Waals surface area (Å²) >= 11 is 0. The smallest absolute Gasteiger partial charge is 0.289 e. The first-order valence-electron chi connectivity index (χ1n) is 8.00. The van der Waals surface area contributed by atoms with E-state index in [1.54, 1.807) is 17.0 Å². The number of hydrogen-bond donors (Lipinski definition) is 1. The number of piperidine rings is 1. The molecule has 2 heterocycles. The minimum atomic E-state index is -0.256. The van der Waals surface area contributed by atoms with Crippen molar-refractivity contribution >= 4 is 5.91 Å². The third kappa shape index (κ3) is 3.74. The van der Waals surface area contributed by atoms with E-state index in [0.717, 1.165) is 18.6 Å². The van der Waals surface area contributed by atoms with Gasteiger partial charge in [0.15, 0.2) is 11.9 Å². The number of nitrogens with two attached hydrogens (primary N) is 1. The van der Waals surface area contributed by atoms with Gasteiger partial charge >= 0.3 is 0 Å². The maximum Gasteiger partial charge on any atom is 0.289 e. The maximum absolute atomic E-state index is 12.5. The van der Waals surface area contributed by atoms with Gasteiger partial charge in [0.05, 0.1) is 0 Å². The fourth-order valence-electron chi connectivity index (χ4n) is 2.71. The van der Waals surface area contributed by atoms with Crippen molar-refractivity contribution in [1.29, 1.82) is 0 Å². The quantitative estimate of drug-likeness (QED) is 0.942. The summed E-state index contributed by atoms with van der Waals surface area (Å²) in [6.45, 7) is 3.28. The van der Waals surface area contributed by atoms with Crippen LogP contribution in [0.3, 0.4) is 0 Å². The molecule has 1 aromatic heterocycles. The first kappa shape index (κ1) is 15.6. The Morgan fingerprint density at radius 3 is 2.61 bits per heavy atom. The summed E-state index contributed by atoms with van der Waals surface area (Å²) in [6.07, 6.45) is 1.42. The van der Waals surface area contributed by atoms with Gasteiger partial charge in [-0.3, -0.25) is 4.79 Å². The number of ether oxygens (including phenoxy) is 1. The summed E-state index contributed by atoms with van der Waals surface area (Å²) in [4.78, 5) is 14.3. The van der Waals surface area contributed by atoms with Gasteiger partial charge in [0.25, 0.3) is 5.91 Å². The van der Waals surface area contributed by atoms with Gasteiger partial charge in [0.1, 0.15) is 11.5 Å². The standard InChI is InChI=1S/C18H22N2O3/c1-13(22-15-5-3-2-4-6-15)16-7-8-17(23-16)18(21)20-11-9-14(19)10-12-20/h2-8,13-14H,9-12,19H2,1H3.